The Kier molecular flexibility index (Phi) is 7.09. The molecule has 10 heteroatoms. The number of hydrogen-bond acceptors (Lipinski definition) is 6. The summed E-state index contributed by atoms with van der Waals surface area (Å²) < 4.78 is 32.6. The average Bonchev–Trinajstić information content (AvgIpc) is 2.83. The average molecular weight is 485 g/mol. The molecule has 8 nitrogen and oxygen atoms in total. The van der Waals surface area contributed by atoms with Crippen LogP contribution in [0.4, 0.5) is 8.78 Å². The van der Waals surface area contributed by atoms with Crippen LogP contribution in [0, 0.1) is 17.6 Å². The van der Waals surface area contributed by atoms with E-state index < -0.39 is 29.5 Å². The zero-order valence-electron chi connectivity index (χ0n) is 19.4. The molecule has 1 aliphatic rings. The molecular formula is C25H26F2N4O4. The van der Waals surface area contributed by atoms with Crippen molar-refractivity contribution < 1.29 is 28.2 Å². The number of nitrogens with one attached hydrogen (secondary N) is 1. The molecule has 0 spiro atoms. The van der Waals surface area contributed by atoms with Gasteiger partial charge in [0.25, 0.3) is 5.91 Å². The summed E-state index contributed by atoms with van der Waals surface area (Å²) in [5.41, 5.74) is 0.641. The fourth-order valence-electron chi connectivity index (χ4n) is 4.01. The third-order valence-corrected chi connectivity index (χ3v) is 5.93. The first-order valence-electron chi connectivity index (χ1n) is 11.4. The van der Waals surface area contributed by atoms with Crippen LogP contribution in [-0.2, 0) is 4.79 Å². The molecule has 0 saturated carbocycles. The van der Waals surface area contributed by atoms with E-state index in [9.17, 15) is 23.5 Å². The van der Waals surface area contributed by atoms with E-state index in [1.165, 1.54) is 6.07 Å². The van der Waals surface area contributed by atoms with Crippen molar-refractivity contribution in [2.75, 3.05) is 13.1 Å². The molecule has 1 saturated heterocycles. The second-order valence-electron chi connectivity index (χ2n) is 8.80. The fraction of sp³-hybridized carbons (Fsp3) is 0.360. The summed E-state index contributed by atoms with van der Waals surface area (Å²) in [5.74, 6) is -3.19. The quantitative estimate of drug-likeness (QED) is 0.556. The molecule has 0 bridgehead atoms. The number of nitrogens with zero attached hydrogens (tertiary/aromatic N) is 3. The van der Waals surface area contributed by atoms with Gasteiger partial charge in [-0.2, -0.15) is 0 Å². The van der Waals surface area contributed by atoms with Crippen LogP contribution in [0.2, 0.25) is 0 Å². The number of ether oxygens (including phenoxy) is 1. The van der Waals surface area contributed by atoms with Crippen molar-refractivity contribution in [3.8, 4) is 11.6 Å². The summed E-state index contributed by atoms with van der Waals surface area (Å²) in [6.07, 6.45) is 0.590. The van der Waals surface area contributed by atoms with Gasteiger partial charge in [-0.15, -0.1) is 0 Å². The van der Waals surface area contributed by atoms with Gasteiger partial charge in [0.2, 0.25) is 11.8 Å². The Hall–Kier alpha value is -3.82. The molecule has 1 atom stereocenters. The van der Waals surface area contributed by atoms with Crippen molar-refractivity contribution in [3.05, 3.63) is 59.8 Å². The Morgan fingerprint density at radius 2 is 1.74 bits per heavy atom. The van der Waals surface area contributed by atoms with E-state index >= 15 is 0 Å². The van der Waals surface area contributed by atoms with E-state index in [4.69, 9.17) is 4.74 Å². The molecule has 2 heterocycles. The van der Waals surface area contributed by atoms with Gasteiger partial charge in [-0.25, -0.2) is 18.7 Å². The molecule has 3 aromatic rings. The van der Waals surface area contributed by atoms with Crippen molar-refractivity contribution >= 4 is 22.8 Å². The number of aromatic hydroxyl groups is 1. The van der Waals surface area contributed by atoms with Crippen molar-refractivity contribution in [1.82, 2.24) is 20.2 Å². The first kappa shape index (κ1) is 24.3. The topological polar surface area (TPSA) is 105 Å². The minimum Gasteiger partial charge on any atom is -0.492 e. The second-order valence-corrected chi connectivity index (χ2v) is 8.80. The Morgan fingerprint density at radius 1 is 1.09 bits per heavy atom. The smallest absolute Gasteiger partial charge is 0.276 e. The molecule has 35 heavy (non-hydrogen) atoms. The molecule has 1 aliphatic heterocycles. The third-order valence-electron chi connectivity index (χ3n) is 5.93. The van der Waals surface area contributed by atoms with Crippen molar-refractivity contribution in [2.24, 2.45) is 5.92 Å². The summed E-state index contributed by atoms with van der Waals surface area (Å²) in [7, 11) is 0. The van der Waals surface area contributed by atoms with Gasteiger partial charge in [0.1, 0.15) is 18.0 Å². The molecule has 184 valence electrons. The number of rotatable bonds is 6. The minimum absolute atomic E-state index is 0.0280. The van der Waals surface area contributed by atoms with Crippen LogP contribution in [0.15, 0.2) is 42.5 Å². The Balaban J connectivity index is 1.40. The summed E-state index contributed by atoms with van der Waals surface area (Å²) in [4.78, 5) is 36.0. The summed E-state index contributed by atoms with van der Waals surface area (Å²) in [6.45, 7) is 4.32. The molecule has 0 aliphatic carbocycles. The van der Waals surface area contributed by atoms with Gasteiger partial charge < -0.3 is 20.1 Å². The van der Waals surface area contributed by atoms with Gasteiger partial charge in [-0.1, -0.05) is 26.0 Å². The predicted octanol–water partition coefficient (Wildman–Crippen LogP) is 3.44. The van der Waals surface area contributed by atoms with Gasteiger partial charge in [-0.3, -0.25) is 9.59 Å². The number of halogens is 2. The number of piperidine rings is 1. The molecule has 1 fully saturated rings. The van der Waals surface area contributed by atoms with Crippen molar-refractivity contribution in [3.63, 3.8) is 0 Å². The third kappa shape index (κ3) is 5.47. The van der Waals surface area contributed by atoms with Gasteiger partial charge in [0.05, 0.1) is 11.0 Å². The van der Waals surface area contributed by atoms with Crippen LogP contribution in [0.25, 0.3) is 11.0 Å². The minimum atomic E-state index is -0.845. The lowest BCUT2D eigenvalue weighted by Gasteiger charge is -2.35. The van der Waals surface area contributed by atoms with Crippen molar-refractivity contribution in [1.29, 1.82) is 0 Å². The van der Waals surface area contributed by atoms with E-state index in [0.29, 0.717) is 37.0 Å². The van der Waals surface area contributed by atoms with Gasteiger partial charge in [0, 0.05) is 32.0 Å². The van der Waals surface area contributed by atoms with Crippen LogP contribution in [0.1, 0.15) is 37.2 Å². The standard InChI is InChI=1S/C25H26F2N4O4/c1-14(2)21(30-24(33)22-23(32)29-19-6-4-3-5-18(19)28-22)25(34)31-11-9-16(10-12-31)35-20-8-7-15(26)13-17(20)27/h3-8,13-14,16,21H,9-12H2,1-2H3,(H,29,32)(H,30,33)/t21-/m0/s1. The highest BCUT2D eigenvalue weighted by Gasteiger charge is 2.33. The highest BCUT2D eigenvalue weighted by atomic mass is 19.1. The zero-order valence-corrected chi connectivity index (χ0v) is 19.4. The first-order chi connectivity index (χ1) is 16.7. The second kappa shape index (κ2) is 10.2. The van der Waals surface area contributed by atoms with Crippen LogP contribution in [0.5, 0.6) is 11.6 Å². The number of hydrogen-bond donors (Lipinski definition) is 2. The van der Waals surface area contributed by atoms with Crippen LogP contribution < -0.4 is 10.1 Å². The number of carbonyl (C=O) groups excluding carboxylic acids is 2. The van der Waals surface area contributed by atoms with Crippen LogP contribution in [-0.4, -0.2) is 57.0 Å². The lowest BCUT2D eigenvalue weighted by atomic mass is 10.00. The van der Waals surface area contributed by atoms with E-state index in [1.807, 2.05) is 13.8 Å². The summed E-state index contributed by atoms with van der Waals surface area (Å²) in [5, 5.41) is 12.9. The molecule has 2 aromatic carbocycles. The van der Waals surface area contributed by atoms with Gasteiger partial charge in [-0.05, 0) is 30.2 Å². The number of aromatic nitrogens is 2. The lowest BCUT2D eigenvalue weighted by Crippen LogP contribution is -2.53. The number of fused-ring (bicyclic) bond motifs is 1. The Morgan fingerprint density at radius 3 is 2.37 bits per heavy atom. The van der Waals surface area contributed by atoms with Crippen LogP contribution >= 0.6 is 0 Å². The van der Waals surface area contributed by atoms with E-state index in [-0.39, 0.29) is 29.4 Å². The highest BCUT2D eigenvalue weighted by Crippen LogP contribution is 2.24. The molecule has 2 N–H and O–H groups in total. The van der Waals surface area contributed by atoms with E-state index in [0.717, 1.165) is 12.1 Å². The predicted molar refractivity (Wildman–Crippen MR) is 124 cm³/mol. The van der Waals surface area contributed by atoms with Crippen LogP contribution in [0.3, 0.4) is 0 Å². The Bertz CT molecular complexity index is 1250. The molecule has 4 rings (SSSR count). The number of likely N-dealkylation sites (tertiary alicyclic amines) is 1. The number of carbonyl (C=O) groups is 2. The molecular weight excluding hydrogens is 458 g/mol. The van der Waals surface area contributed by atoms with Crippen molar-refractivity contribution in [2.45, 2.75) is 38.8 Å². The maximum absolute atomic E-state index is 13.9. The van der Waals surface area contributed by atoms with E-state index in [1.54, 1.807) is 29.2 Å². The van der Waals surface area contributed by atoms with E-state index in [2.05, 4.69) is 15.3 Å². The number of amides is 2. The largest absolute Gasteiger partial charge is 0.492 e. The first-order valence-corrected chi connectivity index (χ1v) is 11.4. The van der Waals surface area contributed by atoms with Gasteiger partial charge in [0.15, 0.2) is 17.3 Å². The maximum Gasteiger partial charge on any atom is 0.276 e. The molecule has 1 aromatic heterocycles. The molecule has 2 amide bonds. The number of para-hydroxylation sites is 2. The Labute approximate surface area is 200 Å². The molecule has 0 unspecified atom stereocenters. The fourth-order valence-corrected chi connectivity index (χ4v) is 4.01. The summed E-state index contributed by atoms with van der Waals surface area (Å²) >= 11 is 0. The van der Waals surface area contributed by atoms with Gasteiger partial charge >= 0.3 is 0 Å². The number of benzene rings is 2. The maximum atomic E-state index is 13.9. The monoisotopic (exact) mass is 484 g/mol. The normalized spacial score (nSPS) is 15.3. The highest BCUT2D eigenvalue weighted by molar-refractivity contribution is 5.99. The molecule has 0 radical (unpaired) electrons. The summed E-state index contributed by atoms with van der Waals surface area (Å²) in [6, 6.07) is 9.13. The SMILES string of the molecule is CC(C)[C@H](NC(=O)c1nc2ccccc2nc1O)C(=O)N1CCC(Oc2ccc(F)cc2F)CC1. The lowest BCUT2D eigenvalue weighted by molar-refractivity contribution is -0.136. The zero-order chi connectivity index (χ0) is 25.1.